The minimum atomic E-state index is -0.172. The summed E-state index contributed by atoms with van der Waals surface area (Å²) in [6.45, 7) is 2.33. The predicted molar refractivity (Wildman–Crippen MR) is 104 cm³/mol. The van der Waals surface area contributed by atoms with Gasteiger partial charge in [-0.05, 0) is 62.5 Å². The topological polar surface area (TPSA) is 50.8 Å². The van der Waals surface area contributed by atoms with Gasteiger partial charge in [-0.2, -0.15) is 0 Å². The van der Waals surface area contributed by atoms with Gasteiger partial charge >= 0.3 is 0 Å². The lowest BCUT2D eigenvalue weighted by atomic mass is 10.1. The summed E-state index contributed by atoms with van der Waals surface area (Å²) in [4.78, 5) is 14.2. The first-order chi connectivity index (χ1) is 12.4. The van der Waals surface area contributed by atoms with E-state index in [-0.39, 0.29) is 18.6 Å². The standard InChI is InChI=1S/C20H25ClN2O3/c1-14-10-16(21)8-9-19(14)26-13-20(24)22-12-18(23(2)3)15-6-5-7-17(11-15)25-4/h5-11,18H,12-13H2,1-4H3,(H,22,24). The minimum absolute atomic E-state index is 0.0336. The molecule has 0 aromatic heterocycles. The summed E-state index contributed by atoms with van der Waals surface area (Å²) in [5.74, 6) is 1.28. The van der Waals surface area contributed by atoms with E-state index in [9.17, 15) is 4.79 Å². The number of amides is 1. The Balaban J connectivity index is 1.92. The Kier molecular flexibility index (Phi) is 7.30. The van der Waals surface area contributed by atoms with Gasteiger partial charge < -0.3 is 19.7 Å². The van der Waals surface area contributed by atoms with Crippen molar-refractivity contribution < 1.29 is 14.3 Å². The van der Waals surface area contributed by atoms with Crippen molar-refractivity contribution >= 4 is 17.5 Å². The zero-order chi connectivity index (χ0) is 19.1. The van der Waals surface area contributed by atoms with Crippen LogP contribution in [0.25, 0.3) is 0 Å². The lowest BCUT2D eigenvalue weighted by Gasteiger charge is -2.25. The van der Waals surface area contributed by atoms with Crippen LogP contribution in [-0.2, 0) is 4.79 Å². The molecule has 26 heavy (non-hydrogen) atoms. The fourth-order valence-corrected chi connectivity index (χ4v) is 2.85. The van der Waals surface area contributed by atoms with Crippen LogP contribution in [0.1, 0.15) is 17.2 Å². The second-order valence-electron chi connectivity index (χ2n) is 6.26. The number of halogens is 1. The largest absolute Gasteiger partial charge is 0.497 e. The monoisotopic (exact) mass is 376 g/mol. The third-order valence-electron chi connectivity index (χ3n) is 4.09. The Morgan fingerprint density at radius 2 is 2.00 bits per heavy atom. The number of rotatable bonds is 8. The Labute approximate surface area is 159 Å². The average Bonchev–Trinajstić information content (AvgIpc) is 2.61. The maximum atomic E-state index is 12.2. The van der Waals surface area contributed by atoms with Gasteiger partial charge in [0.05, 0.1) is 13.2 Å². The average molecular weight is 377 g/mol. The van der Waals surface area contributed by atoms with Crippen LogP contribution >= 0.6 is 11.6 Å². The Hall–Kier alpha value is -2.24. The van der Waals surface area contributed by atoms with E-state index in [1.165, 1.54) is 0 Å². The van der Waals surface area contributed by atoms with E-state index in [1.54, 1.807) is 25.3 Å². The van der Waals surface area contributed by atoms with Gasteiger partial charge in [0.25, 0.3) is 5.91 Å². The number of ether oxygens (including phenoxy) is 2. The molecule has 0 fully saturated rings. The van der Waals surface area contributed by atoms with Crippen molar-refractivity contribution in [2.24, 2.45) is 0 Å². The minimum Gasteiger partial charge on any atom is -0.497 e. The van der Waals surface area contributed by atoms with Gasteiger partial charge in [0.1, 0.15) is 11.5 Å². The molecule has 2 rings (SSSR count). The number of nitrogens with one attached hydrogen (secondary N) is 1. The summed E-state index contributed by atoms with van der Waals surface area (Å²) < 4.78 is 10.9. The molecule has 2 aromatic carbocycles. The molecule has 0 heterocycles. The first-order valence-corrected chi connectivity index (χ1v) is 8.74. The van der Waals surface area contributed by atoms with E-state index in [0.717, 1.165) is 16.9 Å². The number of nitrogens with zero attached hydrogens (tertiary/aromatic N) is 1. The number of hydrogen-bond donors (Lipinski definition) is 1. The fourth-order valence-electron chi connectivity index (χ4n) is 2.63. The van der Waals surface area contributed by atoms with Crippen molar-refractivity contribution in [1.82, 2.24) is 10.2 Å². The molecule has 0 saturated heterocycles. The normalized spacial score (nSPS) is 11.9. The molecule has 0 aliphatic heterocycles. The Morgan fingerprint density at radius 1 is 1.23 bits per heavy atom. The van der Waals surface area contributed by atoms with Crippen LogP contribution in [0.2, 0.25) is 5.02 Å². The number of methoxy groups -OCH3 is 1. The summed E-state index contributed by atoms with van der Waals surface area (Å²) >= 11 is 5.93. The summed E-state index contributed by atoms with van der Waals surface area (Å²) in [6, 6.07) is 13.2. The number of likely N-dealkylation sites (N-methyl/N-ethyl adjacent to an activating group) is 1. The van der Waals surface area contributed by atoms with Gasteiger partial charge in [0.2, 0.25) is 0 Å². The number of hydrogen-bond acceptors (Lipinski definition) is 4. The third kappa shape index (κ3) is 5.64. The van der Waals surface area contributed by atoms with Gasteiger partial charge in [0.15, 0.2) is 6.61 Å². The smallest absolute Gasteiger partial charge is 0.258 e. The fraction of sp³-hybridized carbons (Fsp3) is 0.350. The quantitative estimate of drug-likeness (QED) is 0.766. The zero-order valence-corrected chi connectivity index (χ0v) is 16.3. The molecule has 0 saturated carbocycles. The molecular formula is C20H25ClN2O3. The first-order valence-electron chi connectivity index (χ1n) is 8.36. The highest BCUT2D eigenvalue weighted by molar-refractivity contribution is 6.30. The van der Waals surface area contributed by atoms with Crippen molar-refractivity contribution in [1.29, 1.82) is 0 Å². The Morgan fingerprint density at radius 3 is 2.65 bits per heavy atom. The Bertz CT molecular complexity index is 750. The van der Waals surface area contributed by atoms with Crippen LogP contribution in [0, 0.1) is 6.92 Å². The SMILES string of the molecule is COc1cccc(C(CNC(=O)COc2ccc(Cl)cc2C)N(C)C)c1. The summed E-state index contributed by atoms with van der Waals surface area (Å²) in [5.41, 5.74) is 1.97. The van der Waals surface area contributed by atoms with Crippen molar-refractivity contribution in [3.63, 3.8) is 0 Å². The molecule has 140 valence electrons. The maximum Gasteiger partial charge on any atom is 0.258 e. The molecule has 0 spiro atoms. The summed E-state index contributed by atoms with van der Waals surface area (Å²) in [6.07, 6.45) is 0. The van der Waals surface area contributed by atoms with Gasteiger partial charge in [-0.3, -0.25) is 4.79 Å². The van der Waals surface area contributed by atoms with Crippen LogP contribution in [-0.4, -0.2) is 45.2 Å². The zero-order valence-electron chi connectivity index (χ0n) is 15.6. The molecule has 0 aliphatic rings. The molecule has 1 N–H and O–H groups in total. The first kappa shape index (κ1) is 20.1. The van der Waals surface area contributed by atoms with Crippen molar-refractivity contribution in [2.75, 3.05) is 34.4 Å². The van der Waals surface area contributed by atoms with Crippen molar-refractivity contribution in [3.8, 4) is 11.5 Å². The summed E-state index contributed by atoms with van der Waals surface area (Å²) in [7, 11) is 5.59. The van der Waals surface area contributed by atoms with E-state index in [2.05, 4.69) is 10.2 Å². The molecule has 5 nitrogen and oxygen atoms in total. The van der Waals surface area contributed by atoms with Gasteiger partial charge in [-0.1, -0.05) is 23.7 Å². The second kappa shape index (κ2) is 9.46. The van der Waals surface area contributed by atoms with E-state index >= 15 is 0 Å². The predicted octanol–water partition coefficient (Wildman–Crippen LogP) is 3.45. The second-order valence-corrected chi connectivity index (χ2v) is 6.70. The summed E-state index contributed by atoms with van der Waals surface area (Å²) in [5, 5.41) is 3.57. The lowest BCUT2D eigenvalue weighted by Crippen LogP contribution is -2.36. The van der Waals surface area contributed by atoms with Crippen LogP contribution in [0.5, 0.6) is 11.5 Å². The van der Waals surface area contributed by atoms with E-state index in [0.29, 0.717) is 17.3 Å². The lowest BCUT2D eigenvalue weighted by molar-refractivity contribution is -0.123. The number of carbonyl (C=O) groups excluding carboxylic acids is 1. The van der Waals surface area contributed by atoms with Crippen molar-refractivity contribution in [3.05, 3.63) is 58.6 Å². The molecule has 1 atom stereocenters. The number of benzene rings is 2. The highest BCUT2D eigenvalue weighted by Gasteiger charge is 2.16. The number of aryl methyl sites for hydroxylation is 1. The third-order valence-corrected chi connectivity index (χ3v) is 4.33. The van der Waals surface area contributed by atoms with Crippen LogP contribution < -0.4 is 14.8 Å². The van der Waals surface area contributed by atoms with Crippen molar-refractivity contribution in [2.45, 2.75) is 13.0 Å². The highest BCUT2D eigenvalue weighted by Crippen LogP contribution is 2.23. The molecular weight excluding hydrogens is 352 g/mol. The molecule has 1 unspecified atom stereocenters. The van der Waals surface area contributed by atoms with E-state index < -0.39 is 0 Å². The molecule has 0 radical (unpaired) electrons. The van der Waals surface area contributed by atoms with E-state index in [1.807, 2.05) is 45.3 Å². The van der Waals surface area contributed by atoms with Gasteiger partial charge in [-0.25, -0.2) is 0 Å². The van der Waals surface area contributed by atoms with Crippen LogP contribution in [0.4, 0.5) is 0 Å². The molecule has 2 aromatic rings. The highest BCUT2D eigenvalue weighted by atomic mass is 35.5. The van der Waals surface area contributed by atoms with Crippen LogP contribution in [0.15, 0.2) is 42.5 Å². The maximum absolute atomic E-state index is 12.2. The van der Waals surface area contributed by atoms with Gasteiger partial charge in [-0.15, -0.1) is 0 Å². The molecule has 0 aliphatic carbocycles. The number of carbonyl (C=O) groups is 1. The van der Waals surface area contributed by atoms with Gasteiger partial charge in [0, 0.05) is 11.6 Å². The van der Waals surface area contributed by atoms with Crippen LogP contribution in [0.3, 0.4) is 0 Å². The molecule has 6 heteroatoms. The molecule has 1 amide bonds. The van der Waals surface area contributed by atoms with E-state index in [4.69, 9.17) is 21.1 Å². The molecule has 0 bridgehead atoms.